The molecular formula is C12H10ClN3O2S2. The van der Waals surface area contributed by atoms with E-state index in [2.05, 4.69) is 14.7 Å². The van der Waals surface area contributed by atoms with Crippen molar-refractivity contribution in [3.63, 3.8) is 0 Å². The molecule has 5 nitrogen and oxygen atoms in total. The van der Waals surface area contributed by atoms with Crippen LogP contribution in [0.25, 0.3) is 11.0 Å². The van der Waals surface area contributed by atoms with E-state index in [-0.39, 0.29) is 10.8 Å². The summed E-state index contributed by atoms with van der Waals surface area (Å²) in [4.78, 5) is 7.16. The van der Waals surface area contributed by atoms with E-state index < -0.39 is 10.0 Å². The van der Waals surface area contributed by atoms with Crippen LogP contribution in [0.1, 0.15) is 5.56 Å². The van der Waals surface area contributed by atoms with E-state index in [4.69, 9.17) is 11.6 Å². The molecule has 0 aromatic carbocycles. The Labute approximate surface area is 124 Å². The van der Waals surface area contributed by atoms with Crippen LogP contribution >= 0.6 is 22.9 Å². The number of aromatic amines is 1. The predicted octanol–water partition coefficient (Wildman–Crippen LogP) is 2.76. The van der Waals surface area contributed by atoms with Crippen LogP contribution < -0.4 is 4.72 Å². The smallest absolute Gasteiger partial charge is 0.250 e. The van der Waals surface area contributed by atoms with Crippen LogP contribution in [0.3, 0.4) is 0 Å². The van der Waals surface area contributed by atoms with Gasteiger partial charge in [0.1, 0.15) is 9.86 Å². The summed E-state index contributed by atoms with van der Waals surface area (Å²) in [6.07, 6.45) is 3.43. The third-order valence-electron chi connectivity index (χ3n) is 2.80. The minimum Gasteiger partial charge on any atom is -0.346 e. The van der Waals surface area contributed by atoms with Crippen molar-refractivity contribution in [1.29, 1.82) is 0 Å². The highest BCUT2D eigenvalue weighted by Crippen LogP contribution is 2.25. The normalized spacial score (nSPS) is 12.1. The zero-order valence-electron chi connectivity index (χ0n) is 10.1. The van der Waals surface area contributed by atoms with Crippen LogP contribution in [0.5, 0.6) is 0 Å². The van der Waals surface area contributed by atoms with Crippen LogP contribution in [0.15, 0.2) is 40.9 Å². The number of hydrogen-bond donors (Lipinski definition) is 2. The molecule has 0 aliphatic rings. The van der Waals surface area contributed by atoms with Gasteiger partial charge in [-0.1, -0.05) is 11.6 Å². The monoisotopic (exact) mass is 327 g/mol. The zero-order valence-corrected chi connectivity index (χ0v) is 12.5. The topological polar surface area (TPSA) is 74.8 Å². The molecule has 0 spiro atoms. The quantitative estimate of drug-likeness (QED) is 0.773. The molecule has 3 aromatic rings. The van der Waals surface area contributed by atoms with Gasteiger partial charge in [0.25, 0.3) is 0 Å². The predicted molar refractivity (Wildman–Crippen MR) is 79.4 cm³/mol. The lowest BCUT2D eigenvalue weighted by molar-refractivity contribution is 0.583. The Bertz CT molecular complexity index is 854. The summed E-state index contributed by atoms with van der Waals surface area (Å²) in [5, 5.41) is 0.902. The molecule has 0 radical (unpaired) electrons. The molecule has 0 saturated carbocycles. The number of thiophene rings is 1. The SMILES string of the molecule is O=S(=O)(NCc1c[nH]c2ncccc12)c1ccc(Cl)s1. The van der Waals surface area contributed by atoms with Crippen LogP contribution in [0.4, 0.5) is 0 Å². The molecular weight excluding hydrogens is 318 g/mol. The second-order valence-corrected chi connectivity index (χ2v) is 7.81. The first kappa shape index (κ1) is 13.6. The molecule has 0 fully saturated rings. The van der Waals surface area contributed by atoms with E-state index in [0.29, 0.717) is 4.34 Å². The van der Waals surface area contributed by atoms with E-state index in [1.165, 1.54) is 6.07 Å². The highest BCUT2D eigenvalue weighted by atomic mass is 35.5. The Balaban J connectivity index is 1.83. The lowest BCUT2D eigenvalue weighted by atomic mass is 10.2. The van der Waals surface area contributed by atoms with Crippen molar-refractivity contribution in [2.24, 2.45) is 0 Å². The van der Waals surface area contributed by atoms with Crippen LogP contribution in [-0.2, 0) is 16.6 Å². The molecule has 0 saturated heterocycles. The summed E-state index contributed by atoms with van der Waals surface area (Å²) in [6.45, 7) is 0.198. The van der Waals surface area contributed by atoms with Gasteiger partial charge in [0.15, 0.2) is 0 Å². The molecule has 0 unspecified atom stereocenters. The van der Waals surface area contributed by atoms with Crippen LogP contribution in [-0.4, -0.2) is 18.4 Å². The lowest BCUT2D eigenvalue weighted by Crippen LogP contribution is -2.22. The van der Waals surface area contributed by atoms with Gasteiger partial charge in [-0.3, -0.25) is 0 Å². The maximum Gasteiger partial charge on any atom is 0.250 e. The third kappa shape index (κ3) is 2.57. The number of nitrogens with zero attached hydrogens (tertiary/aromatic N) is 1. The Morgan fingerprint density at radius 2 is 2.20 bits per heavy atom. The average molecular weight is 328 g/mol. The van der Waals surface area contributed by atoms with Gasteiger partial charge in [0.2, 0.25) is 10.0 Å². The molecule has 0 aliphatic carbocycles. The van der Waals surface area contributed by atoms with Gasteiger partial charge in [0, 0.05) is 24.3 Å². The zero-order chi connectivity index (χ0) is 14.2. The van der Waals surface area contributed by atoms with Crippen molar-refractivity contribution in [2.45, 2.75) is 10.8 Å². The molecule has 3 aromatic heterocycles. The summed E-state index contributed by atoms with van der Waals surface area (Å²) >= 11 is 6.79. The van der Waals surface area contributed by atoms with E-state index >= 15 is 0 Å². The third-order valence-corrected chi connectivity index (χ3v) is 5.93. The van der Waals surface area contributed by atoms with Crippen molar-refractivity contribution in [3.8, 4) is 0 Å². The minimum atomic E-state index is -3.53. The van der Waals surface area contributed by atoms with Crippen molar-refractivity contribution in [3.05, 3.63) is 46.6 Å². The summed E-state index contributed by atoms with van der Waals surface area (Å²) in [7, 11) is -3.53. The van der Waals surface area contributed by atoms with E-state index in [1.54, 1.807) is 18.5 Å². The van der Waals surface area contributed by atoms with Gasteiger partial charge < -0.3 is 4.98 Å². The number of fused-ring (bicyclic) bond motifs is 1. The number of hydrogen-bond acceptors (Lipinski definition) is 4. The molecule has 2 N–H and O–H groups in total. The van der Waals surface area contributed by atoms with Crippen molar-refractivity contribution in [1.82, 2.24) is 14.7 Å². The number of rotatable bonds is 4. The summed E-state index contributed by atoms with van der Waals surface area (Å²) in [6, 6.07) is 6.76. The Kier molecular flexibility index (Phi) is 3.51. The number of nitrogens with one attached hydrogen (secondary N) is 2. The summed E-state index contributed by atoms with van der Waals surface area (Å²) in [5.41, 5.74) is 1.58. The maximum absolute atomic E-state index is 12.1. The first-order valence-electron chi connectivity index (χ1n) is 5.72. The van der Waals surface area contributed by atoms with Gasteiger partial charge >= 0.3 is 0 Å². The lowest BCUT2D eigenvalue weighted by Gasteiger charge is -2.03. The number of halogens is 1. The molecule has 3 heterocycles. The highest BCUT2D eigenvalue weighted by Gasteiger charge is 2.17. The van der Waals surface area contributed by atoms with Gasteiger partial charge in [0.05, 0.1) is 4.34 Å². The van der Waals surface area contributed by atoms with Gasteiger partial charge in [-0.25, -0.2) is 18.1 Å². The Morgan fingerprint density at radius 3 is 2.95 bits per heavy atom. The summed E-state index contributed by atoms with van der Waals surface area (Å²) < 4.78 is 27.4. The maximum atomic E-state index is 12.1. The molecule has 104 valence electrons. The fourth-order valence-corrected chi connectivity index (χ4v) is 4.38. The Morgan fingerprint density at radius 1 is 1.35 bits per heavy atom. The van der Waals surface area contributed by atoms with Gasteiger partial charge in [-0.05, 0) is 29.8 Å². The minimum absolute atomic E-state index is 0.198. The largest absolute Gasteiger partial charge is 0.346 e. The Hall–Kier alpha value is -1.41. The van der Waals surface area contributed by atoms with Gasteiger partial charge in [-0.15, -0.1) is 11.3 Å². The second-order valence-electron chi connectivity index (χ2n) is 4.10. The van der Waals surface area contributed by atoms with Crippen LogP contribution in [0, 0.1) is 0 Å². The second kappa shape index (κ2) is 5.17. The fraction of sp³-hybridized carbons (Fsp3) is 0.0833. The number of sulfonamides is 1. The fourth-order valence-electron chi connectivity index (χ4n) is 1.84. The highest BCUT2D eigenvalue weighted by molar-refractivity contribution is 7.91. The van der Waals surface area contributed by atoms with E-state index in [1.807, 2.05) is 12.1 Å². The van der Waals surface area contributed by atoms with E-state index in [9.17, 15) is 8.42 Å². The van der Waals surface area contributed by atoms with Gasteiger partial charge in [-0.2, -0.15) is 0 Å². The molecule has 0 bridgehead atoms. The number of H-pyrrole nitrogens is 1. The average Bonchev–Trinajstić information content (AvgIpc) is 3.03. The van der Waals surface area contributed by atoms with E-state index in [0.717, 1.165) is 27.9 Å². The summed E-state index contributed by atoms with van der Waals surface area (Å²) in [5.74, 6) is 0. The van der Waals surface area contributed by atoms with Crippen LogP contribution in [0.2, 0.25) is 4.34 Å². The molecule has 0 amide bonds. The van der Waals surface area contributed by atoms with Crippen molar-refractivity contribution < 1.29 is 8.42 Å². The van der Waals surface area contributed by atoms with Crippen molar-refractivity contribution >= 4 is 44.0 Å². The standard InChI is InChI=1S/C12H10ClN3O2S2/c13-10-3-4-11(19-10)20(17,18)16-7-8-6-15-12-9(8)2-1-5-14-12/h1-6,16H,7H2,(H,14,15). The number of aromatic nitrogens is 2. The molecule has 0 atom stereocenters. The first-order chi connectivity index (χ1) is 9.56. The molecule has 20 heavy (non-hydrogen) atoms. The van der Waals surface area contributed by atoms with Crippen molar-refractivity contribution in [2.75, 3.05) is 0 Å². The first-order valence-corrected chi connectivity index (χ1v) is 8.40. The molecule has 0 aliphatic heterocycles. The molecule has 3 rings (SSSR count). The number of pyridine rings is 1. The molecule has 8 heteroatoms.